The number of amides is 1. The summed E-state index contributed by atoms with van der Waals surface area (Å²) in [6.45, 7) is 1.62. The number of imidazole rings is 1. The van der Waals surface area contributed by atoms with Crippen molar-refractivity contribution in [1.82, 2.24) is 14.3 Å². The summed E-state index contributed by atoms with van der Waals surface area (Å²) in [6, 6.07) is 17.1. The maximum absolute atomic E-state index is 14.1. The lowest BCUT2D eigenvalue weighted by atomic mass is 9.92. The highest BCUT2D eigenvalue weighted by Gasteiger charge is 2.32. The molecule has 1 aliphatic heterocycles. The van der Waals surface area contributed by atoms with E-state index in [0.717, 1.165) is 23.5 Å². The number of piperazine rings is 1. The number of alkyl halides is 3. The largest absolute Gasteiger partial charge is 0.416 e. The maximum atomic E-state index is 14.1. The van der Waals surface area contributed by atoms with Gasteiger partial charge in [-0.2, -0.15) is 13.2 Å². The molecule has 1 atom stereocenters. The second kappa shape index (κ2) is 9.64. The Labute approximate surface area is 205 Å². The van der Waals surface area contributed by atoms with E-state index in [0.29, 0.717) is 37.4 Å². The monoisotopic (exact) mass is 496 g/mol. The van der Waals surface area contributed by atoms with Crippen LogP contribution in [0.1, 0.15) is 29.2 Å². The van der Waals surface area contributed by atoms with Crippen LogP contribution >= 0.6 is 0 Å². The quantitative estimate of drug-likeness (QED) is 0.349. The number of nitrogens with zero attached hydrogens (tertiary/aromatic N) is 4. The van der Waals surface area contributed by atoms with Crippen molar-refractivity contribution in [3.63, 3.8) is 0 Å². The minimum Gasteiger partial charge on any atom is -0.368 e. The third-order valence-electron chi connectivity index (χ3n) is 6.60. The van der Waals surface area contributed by atoms with Crippen molar-refractivity contribution in [3.05, 3.63) is 102 Å². The lowest BCUT2D eigenvalue weighted by Gasteiger charge is -2.37. The molecule has 1 unspecified atom stereocenters. The van der Waals surface area contributed by atoms with Gasteiger partial charge in [0.1, 0.15) is 11.5 Å². The number of carbonyl (C=O) groups excluding carboxylic acids is 1. The van der Waals surface area contributed by atoms with Gasteiger partial charge in [0.05, 0.1) is 11.3 Å². The van der Waals surface area contributed by atoms with E-state index in [1.165, 1.54) is 18.2 Å². The number of pyridine rings is 1. The molecule has 5 nitrogen and oxygen atoms in total. The van der Waals surface area contributed by atoms with Gasteiger partial charge in [-0.05, 0) is 48.0 Å². The molecule has 1 amide bonds. The molecule has 36 heavy (non-hydrogen) atoms. The number of hydrogen-bond acceptors (Lipinski definition) is 3. The molecule has 0 radical (unpaired) electrons. The molecule has 0 saturated carbocycles. The molecule has 0 bridgehead atoms. The van der Waals surface area contributed by atoms with Crippen molar-refractivity contribution in [2.75, 3.05) is 31.1 Å². The first-order valence-electron chi connectivity index (χ1n) is 11.7. The molecule has 4 aromatic rings. The SMILES string of the molecule is O=C(CC(c1cccc(F)c1)c1cnc2ccccn12)N1CCN(c2cccc(C(F)(F)F)c2)CC1. The Kier molecular flexibility index (Phi) is 6.38. The van der Waals surface area contributed by atoms with E-state index in [1.54, 1.807) is 29.3 Å². The molecular formula is C27H24F4N4O. The molecule has 3 heterocycles. The summed E-state index contributed by atoms with van der Waals surface area (Å²) in [5.74, 6) is -0.889. The molecule has 0 spiro atoms. The van der Waals surface area contributed by atoms with Crippen molar-refractivity contribution >= 4 is 17.2 Å². The van der Waals surface area contributed by atoms with E-state index in [9.17, 15) is 22.4 Å². The maximum Gasteiger partial charge on any atom is 0.416 e. The van der Waals surface area contributed by atoms with Gasteiger partial charge in [0.15, 0.2) is 0 Å². The zero-order valence-corrected chi connectivity index (χ0v) is 19.3. The molecule has 5 rings (SSSR count). The second-order valence-electron chi connectivity index (χ2n) is 8.84. The molecule has 186 valence electrons. The predicted octanol–water partition coefficient (Wildman–Crippen LogP) is 5.36. The Hall–Kier alpha value is -3.88. The highest BCUT2D eigenvalue weighted by molar-refractivity contribution is 5.78. The van der Waals surface area contributed by atoms with Crippen molar-refractivity contribution in [1.29, 1.82) is 0 Å². The fourth-order valence-corrected chi connectivity index (χ4v) is 4.72. The number of carbonyl (C=O) groups is 1. The lowest BCUT2D eigenvalue weighted by molar-refractivity contribution is -0.137. The summed E-state index contributed by atoms with van der Waals surface area (Å²) in [5, 5.41) is 0. The Balaban J connectivity index is 1.33. The van der Waals surface area contributed by atoms with Crippen LogP contribution in [0, 0.1) is 5.82 Å². The molecule has 9 heteroatoms. The number of anilines is 1. The van der Waals surface area contributed by atoms with Gasteiger partial charge >= 0.3 is 6.18 Å². The van der Waals surface area contributed by atoms with Gasteiger partial charge in [0.2, 0.25) is 5.91 Å². The van der Waals surface area contributed by atoms with Gasteiger partial charge < -0.3 is 14.2 Å². The van der Waals surface area contributed by atoms with E-state index in [4.69, 9.17) is 0 Å². The minimum atomic E-state index is -4.41. The number of hydrogen-bond donors (Lipinski definition) is 0. The van der Waals surface area contributed by atoms with Gasteiger partial charge in [0, 0.05) is 56.6 Å². The molecule has 1 aliphatic rings. The standard InChI is InChI=1S/C27H24F4N4O/c28-21-7-3-5-19(15-21)23(24-18-32-25-9-1-2-10-35(24)25)17-26(36)34-13-11-33(12-14-34)22-8-4-6-20(16-22)27(29,30)31/h1-10,15-16,18,23H,11-14,17H2. The Morgan fingerprint density at radius 2 is 1.72 bits per heavy atom. The van der Waals surface area contributed by atoms with E-state index < -0.39 is 17.7 Å². The van der Waals surface area contributed by atoms with E-state index in [2.05, 4.69) is 4.98 Å². The summed E-state index contributed by atoms with van der Waals surface area (Å²) in [6.07, 6.45) is -0.709. The van der Waals surface area contributed by atoms with Crippen LogP contribution in [0.25, 0.3) is 5.65 Å². The van der Waals surface area contributed by atoms with Gasteiger partial charge in [-0.1, -0.05) is 24.3 Å². The summed E-state index contributed by atoms with van der Waals surface area (Å²) in [4.78, 5) is 21.4. The van der Waals surface area contributed by atoms with Crippen molar-refractivity contribution in [2.45, 2.75) is 18.5 Å². The predicted molar refractivity (Wildman–Crippen MR) is 128 cm³/mol. The number of aromatic nitrogens is 2. The molecule has 2 aromatic heterocycles. The summed E-state index contributed by atoms with van der Waals surface area (Å²) in [7, 11) is 0. The van der Waals surface area contributed by atoms with Crippen molar-refractivity contribution in [3.8, 4) is 0 Å². The number of fused-ring (bicyclic) bond motifs is 1. The van der Waals surface area contributed by atoms with E-state index >= 15 is 0 Å². The lowest BCUT2D eigenvalue weighted by Crippen LogP contribution is -2.49. The average Bonchev–Trinajstić information content (AvgIpc) is 3.31. The highest BCUT2D eigenvalue weighted by atomic mass is 19.4. The van der Waals surface area contributed by atoms with Crippen LogP contribution in [0.15, 0.2) is 79.1 Å². The van der Waals surface area contributed by atoms with Crippen LogP contribution in [-0.4, -0.2) is 46.4 Å². The van der Waals surface area contributed by atoms with Gasteiger partial charge in [-0.25, -0.2) is 9.37 Å². The average molecular weight is 497 g/mol. The topological polar surface area (TPSA) is 40.9 Å². The van der Waals surface area contributed by atoms with Crippen molar-refractivity contribution < 1.29 is 22.4 Å². The first kappa shape index (κ1) is 23.8. The molecule has 1 fully saturated rings. The van der Waals surface area contributed by atoms with Crippen LogP contribution < -0.4 is 4.90 Å². The Morgan fingerprint density at radius 3 is 2.47 bits per heavy atom. The van der Waals surface area contributed by atoms with Crippen LogP contribution in [0.3, 0.4) is 0 Å². The van der Waals surface area contributed by atoms with Gasteiger partial charge in [0.25, 0.3) is 0 Å². The zero-order chi connectivity index (χ0) is 25.3. The third-order valence-corrected chi connectivity index (χ3v) is 6.60. The summed E-state index contributed by atoms with van der Waals surface area (Å²) >= 11 is 0. The molecule has 1 saturated heterocycles. The zero-order valence-electron chi connectivity index (χ0n) is 19.3. The van der Waals surface area contributed by atoms with Crippen LogP contribution in [0.4, 0.5) is 23.2 Å². The number of benzene rings is 2. The molecule has 0 aliphatic carbocycles. The Morgan fingerprint density at radius 1 is 0.944 bits per heavy atom. The summed E-state index contributed by atoms with van der Waals surface area (Å²) in [5.41, 5.74) is 1.99. The molecular weight excluding hydrogens is 472 g/mol. The first-order chi connectivity index (χ1) is 17.3. The van der Waals surface area contributed by atoms with Crippen LogP contribution in [-0.2, 0) is 11.0 Å². The van der Waals surface area contributed by atoms with Crippen molar-refractivity contribution in [2.24, 2.45) is 0 Å². The van der Waals surface area contributed by atoms with Crippen LogP contribution in [0.2, 0.25) is 0 Å². The minimum absolute atomic E-state index is 0.0983. The number of halogens is 4. The molecule has 2 aromatic carbocycles. The smallest absolute Gasteiger partial charge is 0.368 e. The fraction of sp³-hybridized carbons (Fsp3) is 0.259. The highest BCUT2D eigenvalue weighted by Crippen LogP contribution is 2.33. The Bertz CT molecular complexity index is 1380. The fourth-order valence-electron chi connectivity index (χ4n) is 4.72. The third kappa shape index (κ3) is 4.91. The van der Waals surface area contributed by atoms with Crippen LogP contribution in [0.5, 0.6) is 0 Å². The summed E-state index contributed by atoms with van der Waals surface area (Å²) < 4.78 is 55.3. The van der Waals surface area contributed by atoms with E-state index in [1.807, 2.05) is 33.7 Å². The second-order valence-corrected chi connectivity index (χ2v) is 8.84. The number of rotatable bonds is 5. The van der Waals surface area contributed by atoms with Gasteiger partial charge in [-0.15, -0.1) is 0 Å². The molecule has 0 N–H and O–H groups in total. The first-order valence-corrected chi connectivity index (χ1v) is 11.7. The normalized spacial score (nSPS) is 15.3. The van der Waals surface area contributed by atoms with Gasteiger partial charge in [-0.3, -0.25) is 4.79 Å². The van der Waals surface area contributed by atoms with E-state index in [-0.39, 0.29) is 18.1 Å².